The summed E-state index contributed by atoms with van der Waals surface area (Å²) in [4.78, 5) is 31.0. The van der Waals surface area contributed by atoms with Crippen LogP contribution in [0, 0.1) is 6.92 Å². The van der Waals surface area contributed by atoms with Crippen molar-refractivity contribution in [3.63, 3.8) is 0 Å². The lowest BCUT2D eigenvalue weighted by atomic mass is 10.1. The van der Waals surface area contributed by atoms with Crippen molar-refractivity contribution in [1.29, 1.82) is 0 Å². The van der Waals surface area contributed by atoms with Gasteiger partial charge in [0.2, 0.25) is 5.90 Å². The summed E-state index contributed by atoms with van der Waals surface area (Å²) in [6, 6.07) is 6.55. The van der Waals surface area contributed by atoms with Gasteiger partial charge in [-0.2, -0.15) is 22.8 Å². The van der Waals surface area contributed by atoms with E-state index in [4.69, 9.17) is 4.74 Å². The summed E-state index contributed by atoms with van der Waals surface area (Å²) in [5.41, 5.74) is -2.28. The number of nitrogens with one attached hydrogen (secondary N) is 1. The first-order valence-corrected chi connectivity index (χ1v) is 8.85. The zero-order chi connectivity index (χ0) is 21.8. The summed E-state index contributed by atoms with van der Waals surface area (Å²) < 4.78 is 47.1. The maximum absolute atomic E-state index is 13.7. The number of ether oxygens (including phenoxy) is 1. The van der Waals surface area contributed by atoms with E-state index in [-0.39, 0.29) is 33.9 Å². The largest absolute Gasteiger partial charge is 0.480 e. The van der Waals surface area contributed by atoms with Crippen LogP contribution in [0.25, 0.3) is 16.8 Å². The highest BCUT2D eigenvalue weighted by molar-refractivity contribution is 5.98. The van der Waals surface area contributed by atoms with Crippen LogP contribution in [-0.2, 0) is 15.7 Å². The molecular weight excluding hydrogens is 405 g/mol. The lowest BCUT2D eigenvalue weighted by molar-refractivity contribution is -0.141. The minimum absolute atomic E-state index is 0.138. The molecule has 0 spiro atoms. The smallest absolute Gasteiger partial charge is 0.435 e. The molecule has 0 fully saturated rings. The van der Waals surface area contributed by atoms with Gasteiger partial charge in [-0.15, -0.1) is 0 Å². The summed E-state index contributed by atoms with van der Waals surface area (Å²) in [5, 5.41) is 12.7. The maximum Gasteiger partial charge on any atom is 0.435 e. The number of fused-ring (bicyclic) bond motifs is 1. The van der Waals surface area contributed by atoms with Crippen molar-refractivity contribution in [3.8, 4) is 11.1 Å². The van der Waals surface area contributed by atoms with Crippen LogP contribution >= 0.6 is 0 Å². The molecule has 0 radical (unpaired) electrons. The molecule has 0 bridgehead atoms. The number of hydrogen-bond donors (Lipinski definition) is 2. The molecule has 2 aromatic heterocycles. The van der Waals surface area contributed by atoms with Gasteiger partial charge >= 0.3 is 12.1 Å². The van der Waals surface area contributed by atoms with Gasteiger partial charge in [-0.1, -0.05) is 30.3 Å². The number of nitrogens with zero attached hydrogens (tertiary/aromatic N) is 3. The van der Waals surface area contributed by atoms with Crippen LogP contribution < -0.4 is 5.56 Å². The third-order valence-corrected chi connectivity index (χ3v) is 4.77. The van der Waals surface area contributed by atoms with Crippen molar-refractivity contribution >= 4 is 17.5 Å². The van der Waals surface area contributed by atoms with Crippen LogP contribution in [0.1, 0.15) is 23.9 Å². The zero-order valence-electron chi connectivity index (χ0n) is 15.7. The van der Waals surface area contributed by atoms with E-state index in [2.05, 4.69) is 15.1 Å². The fraction of sp³-hybridized carbons (Fsp3) is 0.263. The second-order valence-electron chi connectivity index (χ2n) is 6.82. The summed E-state index contributed by atoms with van der Waals surface area (Å²) in [7, 11) is 0. The Bertz CT molecular complexity index is 1240. The highest BCUT2D eigenvalue weighted by atomic mass is 19.4. The van der Waals surface area contributed by atoms with Gasteiger partial charge in [0, 0.05) is 5.69 Å². The Morgan fingerprint density at radius 3 is 2.47 bits per heavy atom. The van der Waals surface area contributed by atoms with Crippen LogP contribution in [0.5, 0.6) is 0 Å². The monoisotopic (exact) mass is 420 g/mol. The lowest BCUT2D eigenvalue weighted by Crippen LogP contribution is -2.28. The van der Waals surface area contributed by atoms with Gasteiger partial charge < -0.3 is 14.8 Å². The molecular formula is C19H15F3N4O4. The molecule has 0 saturated heterocycles. The standard InChI is InChI=1S/C19H15F3N4O4/c1-8-11(16-24-13(18(28)29)9(2)30-16)17(27)26-15(23-8)12(10-6-4-3-5-7-10)14(25-26)19(20,21)22/h3-7,9,13,23H,1-2H3,(H,28,29)/t9-,13+/m0/s1. The number of H-pyrrole nitrogens is 1. The van der Waals surface area contributed by atoms with E-state index < -0.39 is 35.5 Å². The number of aliphatic imine (C=N–C) groups is 1. The minimum Gasteiger partial charge on any atom is -0.480 e. The SMILES string of the molecule is Cc1[nH]c2c(-c3ccccc3)c(C(F)(F)F)nn2c(=O)c1C1=N[C@@H](C(=O)O)[C@H](C)O1. The summed E-state index contributed by atoms with van der Waals surface area (Å²) in [6.45, 7) is 2.94. The van der Waals surface area contributed by atoms with Crippen molar-refractivity contribution in [3.05, 3.63) is 57.6 Å². The Morgan fingerprint density at radius 1 is 1.23 bits per heavy atom. The van der Waals surface area contributed by atoms with Gasteiger partial charge in [-0.25, -0.2) is 9.79 Å². The van der Waals surface area contributed by atoms with Crippen LogP contribution in [0.15, 0.2) is 40.1 Å². The van der Waals surface area contributed by atoms with Crippen LogP contribution in [-0.4, -0.2) is 43.7 Å². The minimum atomic E-state index is -4.81. The second kappa shape index (κ2) is 6.71. The molecule has 0 saturated carbocycles. The molecule has 156 valence electrons. The van der Waals surface area contributed by atoms with Crippen LogP contribution in [0.4, 0.5) is 13.2 Å². The van der Waals surface area contributed by atoms with Gasteiger partial charge in [0.25, 0.3) is 5.56 Å². The number of halogens is 3. The van der Waals surface area contributed by atoms with Crippen molar-refractivity contribution in [2.75, 3.05) is 0 Å². The van der Waals surface area contributed by atoms with Gasteiger partial charge in [-0.05, 0) is 19.4 Å². The normalized spacial score (nSPS) is 19.0. The van der Waals surface area contributed by atoms with E-state index in [9.17, 15) is 27.9 Å². The number of aliphatic carboxylic acids is 1. The number of aromatic nitrogens is 3. The maximum atomic E-state index is 13.7. The second-order valence-corrected chi connectivity index (χ2v) is 6.82. The fourth-order valence-corrected chi connectivity index (χ4v) is 3.40. The Balaban J connectivity index is 2.00. The first kappa shape index (κ1) is 19.7. The Hall–Kier alpha value is -3.63. The Morgan fingerprint density at radius 2 is 1.90 bits per heavy atom. The number of hydrogen-bond acceptors (Lipinski definition) is 5. The number of rotatable bonds is 3. The zero-order valence-corrected chi connectivity index (χ0v) is 15.7. The number of aromatic amines is 1. The molecule has 3 aromatic rings. The molecule has 8 nitrogen and oxygen atoms in total. The third-order valence-electron chi connectivity index (χ3n) is 4.77. The van der Waals surface area contributed by atoms with E-state index in [0.29, 0.717) is 4.52 Å². The third kappa shape index (κ3) is 3.02. The molecule has 1 aromatic carbocycles. The number of alkyl halides is 3. The molecule has 0 unspecified atom stereocenters. The molecule has 1 aliphatic heterocycles. The molecule has 30 heavy (non-hydrogen) atoms. The van der Waals surface area contributed by atoms with Gasteiger partial charge in [-0.3, -0.25) is 4.79 Å². The first-order chi connectivity index (χ1) is 14.1. The fourth-order valence-electron chi connectivity index (χ4n) is 3.40. The average Bonchev–Trinajstić information content (AvgIpc) is 3.23. The van der Waals surface area contributed by atoms with Gasteiger partial charge in [0.05, 0.1) is 5.56 Å². The van der Waals surface area contributed by atoms with E-state index in [1.54, 1.807) is 18.2 Å². The van der Waals surface area contributed by atoms with Crippen LogP contribution in [0.3, 0.4) is 0 Å². The number of benzene rings is 1. The Labute approximate surface area is 166 Å². The van der Waals surface area contributed by atoms with Gasteiger partial charge in [0.15, 0.2) is 11.7 Å². The molecule has 0 aliphatic carbocycles. The number of carbonyl (C=O) groups is 1. The predicted octanol–water partition coefficient (Wildman–Crippen LogP) is 2.64. The first-order valence-electron chi connectivity index (χ1n) is 8.85. The van der Waals surface area contributed by atoms with Crippen molar-refractivity contribution in [2.24, 2.45) is 4.99 Å². The molecule has 11 heteroatoms. The van der Waals surface area contributed by atoms with Crippen LogP contribution in [0.2, 0.25) is 0 Å². The topological polar surface area (TPSA) is 109 Å². The van der Waals surface area contributed by atoms with Crippen molar-refractivity contribution in [1.82, 2.24) is 14.6 Å². The molecule has 4 rings (SSSR count). The quantitative estimate of drug-likeness (QED) is 0.677. The number of carboxylic acid groups (broad SMARTS) is 1. The van der Waals surface area contributed by atoms with E-state index in [1.165, 1.54) is 26.0 Å². The lowest BCUT2D eigenvalue weighted by Gasteiger charge is -2.10. The number of carboxylic acids is 1. The summed E-state index contributed by atoms with van der Waals surface area (Å²) >= 11 is 0. The molecule has 1 aliphatic rings. The van der Waals surface area contributed by atoms with Crippen molar-refractivity contribution in [2.45, 2.75) is 32.2 Å². The highest BCUT2D eigenvalue weighted by Gasteiger charge is 2.40. The summed E-state index contributed by atoms with van der Waals surface area (Å²) in [6.07, 6.45) is -5.65. The average molecular weight is 420 g/mol. The predicted molar refractivity (Wildman–Crippen MR) is 99.5 cm³/mol. The molecule has 0 amide bonds. The van der Waals surface area contributed by atoms with Crippen molar-refractivity contribution < 1.29 is 27.8 Å². The molecule has 2 N–H and O–H groups in total. The highest BCUT2D eigenvalue weighted by Crippen LogP contribution is 2.38. The number of aryl methyl sites for hydroxylation is 1. The molecule has 2 atom stereocenters. The van der Waals surface area contributed by atoms with E-state index in [1.807, 2.05) is 0 Å². The Kier molecular flexibility index (Phi) is 4.40. The van der Waals surface area contributed by atoms with Gasteiger partial charge in [0.1, 0.15) is 17.3 Å². The van der Waals surface area contributed by atoms with E-state index >= 15 is 0 Å². The molecule has 3 heterocycles. The van der Waals surface area contributed by atoms with E-state index in [0.717, 1.165) is 0 Å². The summed E-state index contributed by atoms with van der Waals surface area (Å²) in [5.74, 6) is -1.49.